The topological polar surface area (TPSA) is 44.8 Å². The number of carbonyl (C=O) groups excluding carboxylic acids is 1. The van der Waals surface area contributed by atoms with Crippen molar-refractivity contribution in [2.24, 2.45) is 5.92 Å². The summed E-state index contributed by atoms with van der Waals surface area (Å²) in [5.74, 6) is -3.41. The molecule has 1 spiro atoms. The molecule has 1 aromatic carbocycles. The maximum Gasteiger partial charge on any atom is 0.311 e. The number of ether oxygens (including phenoxy) is 3. The average Bonchev–Trinajstić information content (AvgIpc) is 2.54. The van der Waals surface area contributed by atoms with Gasteiger partial charge >= 0.3 is 5.97 Å². The van der Waals surface area contributed by atoms with E-state index in [1.54, 1.807) is 0 Å². The highest BCUT2D eigenvalue weighted by molar-refractivity contribution is 5.74. The summed E-state index contributed by atoms with van der Waals surface area (Å²) in [5, 5.41) is 0. The molecule has 1 heterocycles. The zero-order valence-corrected chi connectivity index (χ0v) is 13.2. The van der Waals surface area contributed by atoms with Crippen molar-refractivity contribution in [1.82, 2.24) is 0 Å². The zero-order valence-electron chi connectivity index (χ0n) is 13.2. The lowest BCUT2D eigenvalue weighted by molar-refractivity contribution is -0.175. The number of hydrogen-bond acceptors (Lipinski definition) is 4. The van der Waals surface area contributed by atoms with Gasteiger partial charge in [-0.15, -0.1) is 0 Å². The fourth-order valence-corrected chi connectivity index (χ4v) is 3.66. The first kappa shape index (κ1) is 16.2. The van der Waals surface area contributed by atoms with Crippen LogP contribution in [0, 0.1) is 17.6 Å². The predicted molar refractivity (Wildman–Crippen MR) is 78.3 cm³/mol. The van der Waals surface area contributed by atoms with Crippen LogP contribution in [0.4, 0.5) is 8.78 Å². The molecule has 6 heteroatoms. The van der Waals surface area contributed by atoms with E-state index < -0.39 is 23.5 Å². The average molecular weight is 326 g/mol. The Morgan fingerprint density at radius 1 is 1.30 bits per heavy atom. The fourth-order valence-electron chi connectivity index (χ4n) is 3.66. The van der Waals surface area contributed by atoms with Gasteiger partial charge in [0.2, 0.25) is 5.82 Å². The lowest BCUT2D eigenvalue weighted by Crippen LogP contribution is -2.49. The van der Waals surface area contributed by atoms with E-state index in [0.717, 1.165) is 25.3 Å². The summed E-state index contributed by atoms with van der Waals surface area (Å²) in [6, 6.07) is 2.57. The van der Waals surface area contributed by atoms with Crippen LogP contribution in [0.3, 0.4) is 0 Å². The van der Waals surface area contributed by atoms with E-state index in [0.29, 0.717) is 12.0 Å². The third kappa shape index (κ3) is 2.69. The van der Waals surface area contributed by atoms with Crippen molar-refractivity contribution in [3.63, 3.8) is 0 Å². The smallest absolute Gasteiger partial charge is 0.311 e. The van der Waals surface area contributed by atoms with Crippen molar-refractivity contribution in [2.75, 3.05) is 20.8 Å². The zero-order chi connectivity index (χ0) is 16.6. The Bertz CT molecular complexity index is 613. The summed E-state index contributed by atoms with van der Waals surface area (Å²) >= 11 is 0. The minimum atomic E-state index is -1.03. The molecule has 4 nitrogen and oxygen atoms in total. The van der Waals surface area contributed by atoms with Crippen LogP contribution in [0.15, 0.2) is 12.1 Å². The van der Waals surface area contributed by atoms with Crippen LogP contribution in [-0.2, 0) is 14.3 Å². The minimum absolute atomic E-state index is 0.139. The first-order chi connectivity index (χ1) is 11.0. The Labute approximate surface area is 133 Å². The normalized spacial score (nSPS) is 25.7. The third-order valence-electron chi connectivity index (χ3n) is 5.10. The molecule has 23 heavy (non-hydrogen) atoms. The predicted octanol–water partition coefficient (Wildman–Crippen LogP) is 3.19. The van der Waals surface area contributed by atoms with Crippen LogP contribution in [0.1, 0.15) is 37.2 Å². The highest BCUT2D eigenvalue weighted by Crippen LogP contribution is 2.51. The first-order valence-electron chi connectivity index (χ1n) is 7.75. The van der Waals surface area contributed by atoms with Gasteiger partial charge in [-0.25, -0.2) is 4.39 Å². The van der Waals surface area contributed by atoms with Crippen molar-refractivity contribution < 1.29 is 27.8 Å². The Kier molecular flexibility index (Phi) is 4.27. The van der Waals surface area contributed by atoms with Crippen molar-refractivity contribution >= 4 is 5.97 Å². The highest BCUT2D eigenvalue weighted by Gasteiger charge is 2.49. The van der Waals surface area contributed by atoms with Crippen molar-refractivity contribution in [2.45, 2.75) is 37.2 Å². The van der Waals surface area contributed by atoms with Crippen molar-refractivity contribution in [3.05, 3.63) is 29.3 Å². The lowest BCUT2D eigenvalue weighted by Gasteiger charge is -2.49. The number of carbonyl (C=O) groups is 1. The van der Waals surface area contributed by atoms with E-state index in [9.17, 15) is 13.6 Å². The fraction of sp³-hybridized carbons (Fsp3) is 0.588. The van der Waals surface area contributed by atoms with Gasteiger partial charge < -0.3 is 14.2 Å². The van der Waals surface area contributed by atoms with Crippen molar-refractivity contribution in [1.29, 1.82) is 0 Å². The van der Waals surface area contributed by atoms with Gasteiger partial charge in [-0.3, -0.25) is 4.79 Å². The molecule has 0 radical (unpaired) electrons. The second-order valence-electron chi connectivity index (χ2n) is 6.27. The van der Waals surface area contributed by atoms with Gasteiger partial charge in [-0.05, 0) is 31.7 Å². The number of methoxy groups -OCH3 is 2. The van der Waals surface area contributed by atoms with E-state index in [1.165, 1.54) is 20.3 Å². The highest BCUT2D eigenvalue weighted by atomic mass is 19.2. The number of benzene rings is 1. The molecule has 0 aromatic heterocycles. The quantitative estimate of drug-likeness (QED) is 0.800. The largest absolute Gasteiger partial charge is 0.493 e. The molecular weight excluding hydrogens is 306 g/mol. The molecule has 0 N–H and O–H groups in total. The number of halogens is 2. The minimum Gasteiger partial charge on any atom is -0.493 e. The maximum atomic E-state index is 14.1. The van der Waals surface area contributed by atoms with E-state index in [4.69, 9.17) is 14.2 Å². The summed E-state index contributed by atoms with van der Waals surface area (Å²) < 4.78 is 43.4. The molecule has 1 aliphatic carbocycles. The molecule has 1 saturated heterocycles. The second-order valence-corrected chi connectivity index (χ2v) is 6.27. The molecule has 0 amide bonds. The van der Waals surface area contributed by atoms with Gasteiger partial charge in [0.25, 0.3) is 0 Å². The van der Waals surface area contributed by atoms with Gasteiger partial charge in [0.05, 0.1) is 32.3 Å². The Morgan fingerprint density at radius 3 is 2.61 bits per heavy atom. The molecule has 3 rings (SSSR count). The van der Waals surface area contributed by atoms with Gasteiger partial charge in [0.1, 0.15) is 0 Å². The number of rotatable bonds is 3. The molecule has 1 saturated carbocycles. The lowest BCUT2D eigenvalue weighted by atomic mass is 9.67. The monoisotopic (exact) mass is 326 g/mol. The third-order valence-corrected chi connectivity index (χ3v) is 5.10. The second kappa shape index (κ2) is 6.07. The van der Waals surface area contributed by atoms with E-state index in [2.05, 4.69) is 0 Å². The van der Waals surface area contributed by atoms with Crippen LogP contribution < -0.4 is 4.74 Å². The summed E-state index contributed by atoms with van der Waals surface area (Å²) in [6.45, 7) is 0.222. The summed E-state index contributed by atoms with van der Waals surface area (Å²) in [6.07, 6.45) is 3.49. The van der Waals surface area contributed by atoms with Gasteiger partial charge in [-0.1, -0.05) is 6.07 Å². The van der Waals surface area contributed by atoms with Crippen LogP contribution >= 0.6 is 0 Å². The summed E-state index contributed by atoms with van der Waals surface area (Å²) in [7, 11) is 2.61. The molecular formula is C17H20F2O4. The van der Waals surface area contributed by atoms with Crippen LogP contribution in [0.25, 0.3) is 0 Å². The van der Waals surface area contributed by atoms with Crippen LogP contribution in [-0.4, -0.2) is 32.4 Å². The van der Waals surface area contributed by atoms with E-state index >= 15 is 0 Å². The molecule has 2 aliphatic rings. The van der Waals surface area contributed by atoms with Gasteiger partial charge in [0.15, 0.2) is 11.6 Å². The Balaban J connectivity index is 2.01. The number of esters is 1. The van der Waals surface area contributed by atoms with Crippen LogP contribution in [0.2, 0.25) is 0 Å². The van der Waals surface area contributed by atoms with Gasteiger partial charge in [0, 0.05) is 11.5 Å². The summed E-state index contributed by atoms with van der Waals surface area (Å²) in [5.41, 5.74) is 0.238. The molecule has 2 fully saturated rings. The molecule has 126 valence electrons. The van der Waals surface area contributed by atoms with E-state index in [1.807, 2.05) is 0 Å². The van der Waals surface area contributed by atoms with Crippen molar-refractivity contribution in [3.8, 4) is 5.75 Å². The number of hydrogen-bond donors (Lipinski definition) is 0. The van der Waals surface area contributed by atoms with Gasteiger partial charge in [-0.2, -0.15) is 4.39 Å². The Morgan fingerprint density at radius 2 is 2.04 bits per heavy atom. The molecule has 2 unspecified atom stereocenters. The molecule has 1 aromatic rings. The molecule has 1 aliphatic heterocycles. The van der Waals surface area contributed by atoms with Crippen LogP contribution in [0.5, 0.6) is 5.75 Å². The Hall–Kier alpha value is -1.69. The summed E-state index contributed by atoms with van der Waals surface area (Å²) in [4.78, 5) is 12.1. The molecule has 2 atom stereocenters. The molecule has 0 bridgehead atoms. The first-order valence-corrected chi connectivity index (χ1v) is 7.75. The maximum absolute atomic E-state index is 14.1. The SMILES string of the molecule is COC(=O)C1COC2(CCC2)CC1c1ccc(F)c(F)c1OC. The van der Waals surface area contributed by atoms with E-state index in [-0.39, 0.29) is 23.9 Å². The standard InChI is InChI=1S/C17H20F2O4/c1-21-15-10(4-5-13(18)14(15)19)11-8-17(6-3-7-17)23-9-12(11)16(20)22-2/h4-5,11-12H,3,6-9H2,1-2H3.